The van der Waals surface area contributed by atoms with E-state index in [0.29, 0.717) is 11.4 Å². The maximum absolute atomic E-state index is 12.0. The minimum Gasteiger partial charge on any atom is -0.449 e. The first-order chi connectivity index (χ1) is 8.90. The minimum atomic E-state index is -4.01. The number of benzene rings is 1. The highest BCUT2D eigenvalue weighted by atomic mass is 32.2. The van der Waals surface area contributed by atoms with Crippen molar-refractivity contribution in [1.29, 1.82) is 0 Å². The predicted octanol–water partition coefficient (Wildman–Crippen LogP) is 1.09. The van der Waals surface area contributed by atoms with Crippen molar-refractivity contribution in [1.82, 2.24) is 4.72 Å². The van der Waals surface area contributed by atoms with Gasteiger partial charge in [-0.1, -0.05) is 6.07 Å². The highest BCUT2D eigenvalue weighted by Gasteiger charge is 2.23. The molecule has 1 aromatic rings. The zero-order valence-electron chi connectivity index (χ0n) is 10.8. The molecule has 0 radical (unpaired) electrons. The van der Waals surface area contributed by atoms with E-state index in [4.69, 9.17) is 5.73 Å². The predicted molar refractivity (Wildman–Crippen MR) is 73.0 cm³/mol. The van der Waals surface area contributed by atoms with Crippen molar-refractivity contribution in [3.05, 3.63) is 24.3 Å². The number of nitrogens with two attached hydrogens (primary N) is 1. The Morgan fingerprint density at radius 2 is 2.11 bits per heavy atom. The van der Waals surface area contributed by atoms with Gasteiger partial charge in [0.1, 0.15) is 0 Å². The zero-order chi connectivity index (χ0) is 14.5. The van der Waals surface area contributed by atoms with Crippen LogP contribution in [-0.4, -0.2) is 27.7 Å². The molecule has 0 fully saturated rings. The molecule has 1 rings (SSSR count). The van der Waals surface area contributed by atoms with Gasteiger partial charge in [0.2, 0.25) is 0 Å². The van der Waals surface area contributed by atoms with Crippen LogP contribution >= 0.6 is 0 Å². The molecule has 0 aliphatic carbocycles. The van der Waals surface area contributed by atoms with Gasteiger partial charge in [0, 0.05) is 12.2 Å². The molecule has 0 aliphatic rings. The molecule has 1 aromatic carbocycles. The summed E-state index contributed by atoms with van der Waals surface area (Å²) in [5.74, 6) is 0. The first-order valence-electron chi connectivity index (χ1n) is 5.73. The van der Waals surface area contributed by atoms with Gasteiger partial charge < -0.3 is 10.5 Å². The molecule has 106 valence electrons. The van der Waals surface area contributed by atoms with E-state index in [1.165, 1.54) is 6.07 Å². The molecular formula is C11H17N3O4S. The van der Waals surface area contributed by atoms with Crippen molar-refractivity contribution in [3.8, 4) is 0 Å². The van der Waals surface area contributed by atoms with Crippen LogP contribution in [0.3, 0.4) is 0 Å². The van der Waals surface area contributed by atoms with Gasteiger partial charge in [0.15, 0.2) is 0 Å². The lowest BCUT2D eigenvalue weighted by molar-refractivity contribution is 0.158. The number of carbonyl (C=O) groups is 1. The van der Waals surface area contributed by atoms with Crippen LogP contribution in [0.1, 0.15) is 13.8 Å². The van der Waals surface area contributed by atoms with Gasteiger partial charge >= 0.3 is 16.3 Å². The Labute approximate surface area is 112 Å². The third kappa shape index (κ3) is 4.02. The van der Waals surface area contributed by atoms with Gasteiger partial charge in [-0.3, -0.25) is 4.31 Å². The summed E-state index contributed by atoms with van der Waals surface area (Å²) in [6, 6.07) is 6.37. The summed E-state index contributed by atoms with van der Waals surface area (Å²) in [6.45, 7) is 3.47. The van der Waals surface area contributed by atoms with Crippen LogP contribution in [0.5, 0.6) is 0 Å². The Kier molecular flexibility index (Phi) is 4.99. The second kappa shape index (κ2) is 6.28. The minimum absolute atomic E-state index is 0.0891. The van der Waals surface area contributed by atoms with Gasteiger partial charge in [-0.2, -0.15) is 8.42 Å². The van der Waals surface area contributed by atoms with Gasteiger partial charge in [-0.15, -0.1) is 0 Å². The first kappa shape index (κ1) is 15.1. The molecule has 19 heavy (non-hydrogen) atoms. The summed E-state index contributed by atoms with van der Waals surface area (Å²) in [7, 11) is -4.01. The van der Waals surface area contributed by atoms with Crippen molar-refractivity contribution < 1.29 is 17.9 Å². The number of nitrogens with one attached hydrogen (secondary N) is 1. The largest absolute Gasteiger partial charge is 0.449 e. The fourth-order valence-electron chi connectivity index (χ4n) is 1.49. The second-order valence-corrected chi connectivity index (χ2v) is 5.18. The molecule has 0 unspecified atom stereocenters. The molecule has 0 bridgehead atoms. The Morgan fingerprint density at radius 3 is 2.63 bits per heavy atom. The van der Waals surface area contributed by atoms with E-state index >= 15 is 0 Å². The van der Waals surface area contributed by atoms with E-state index in [2.05, 4.69) is 4.74 Å². The molecule has 0 atom stereocenters. The van der Waals surface area contributed by atoms with E-state index in [1.807, 2.05) is 4.72 Å². The lowest BCUT2D eigenvalue weighted by Gasteiger charge is -2.22. The van der Waals surface area contributed by atoms with E-state index in [0.717, 1.165) is 4.31 Å². The van der Waals surface area contributed by atoms with Crippen molar-refractivity contribution >= 4 is 27.7 Å². The SMILES string of the molecule is CCOC(=O)NS(=O)(=O)N(CC)c1cccc(N)c1. The number of ether oxygens (including phenoxy) is 1. The van der Waals surface area contributed by atoms with E-state index in [1.54, 1.807) is 32.0 Å². The molecule has 7 nitrogen and oxygen atoms in total. The normalized spacial score (nSPS) is 10.8. The number of carbonyl (C=O) groups excluding carboxylic acids is 1. The lowest BCUT2D eigenvalue weighted by atomic mass is 10.3. The van der Waals surface area contributed by atoms with Gasteiger partial charge in [0.05, 0.1) is 12.3 Å². The molecular weight excluding hydrogens is 270 g/mol. The highest BCUT2D eigenvalue weighted by molar-refractivity contribution is 7.91. The number of amides is 1. The molecule has 1 amide bonds. The maximum Gasteiger partial charge on any atom is 0.422 e. The number of anilines is 2. The molecule has 0 saturated heterocycles. The fraction of sp³-hybridized carbons (Fsp3) is 0.364. The first-order valence-corrected chi connectivity index (χ1v) is 7.17. The quantitative estimate of drug-likeness (QED) is 0.789. The average Bonchev–Trinajstić information content (AvgIpc) is 2.28. The molecule has 0 aromatic heterocycles. The topological polar surface area (TPSA) is 102 Å². The maximum atomic E-state index is 12.0. The van der Waals surface area contributed by atoms with Gasteiger partial charge in [0.25, 0.3) is 0 Å². The van der Waals surface area contributed by atoms with Crippen LogP contribution in [0.25, 0.3) is 0 Å². The number of nitrogen functional groups attached to an aromatic ring is 1. The third-order valence-corrected chi connectivity index (χ3v) is 3.70. The highest BCUT2D eigenvalue weighted by Crippen LogP contribution is 2.19. The number of rotatable bonds is 5. The summed E-state index contributed by atoms with van der Waals surface area (Å²) >= 11 is 0. The standard InChI is InChI=1S/C11H17N3O4S/c1-3-14(10-7-5-6-9(12)8-10)19(16,17)13-11(15)18-4-2/h5-8H,3-4,12H2,1-2H3,(H,13,15). The van der Waals surface area contributed by atoms with Crippen molar-refractivity contribution in [2.24, 2.45) is 0 Å². The van der Waals surface area contributed by atoms with Crippen LogP contribution in [0.15, 0.2) is 24.3 Å². The summed E-state index contributed by atoms with van der Waals surface area (Å²) in [5.41, 5.74) is 6.42. The van der Waals surface area contributed by atoms with E-state index < -0.39 is 16.3 Å². The summed E-state index contributed by atoms with van der Waals surface area (Å²) in [5, 5.41) is 0. The summed E-state index contributed by atoms with van der Waals surface area (Å²) in [6.07, 6.45) is -1.01. The molecule has 3 N–H and O–H groups in total. The van der Waals surface area contributed by atoms with Crippen molar-refractivity contribution in [3.63, 3.8) is 0 Å². The second-order valence-electron chi connectivity index (χ2n) is 3.59. The molecule has 0 heterocycles. The Balaban J connectivity index is 2.99. The van der Waals surface area contributed by atoms with E-state index in [-0.39, 0.29) is 13.2 Å². The van der Waals surface area contributed by atoms with E-state index in [9.17, 15) is 13.2 Å². The van der Waals surface area contributed by atoms with Crippen LogP contribution in [-0.2, 0) is 14.9 Å². The molecule has 8 heteroatoms. The fourth-order valence-corrected chi connectivity index (χ4v) is 2.60. The van der Waals surface area contributed by atoms with Gasteiger partial charge in [-0.05, 0) is 32.0 Å². The average molecular weight is 287 g/mol. The Morgan fingerprint density at radius 1 is 1.42 bits per heavy atom. The summed E-state index contributed by atoms with van der Waals surface area (Å²) < 4.78 is 31.5. The Hall–Kier alpha value is -1.96. The monoisotopic (exact) mass is 287 g/mol. The molecule has 0 spiro atoms. The van der Waals surface area contributed by atoms with Crippen LogP contribution in [0.4, 0.5) is 16.2 Å². The van der Waals surface area contributed by atoms with Crippen molar-refractivity contribution in [2.45, 2.75) is 13.8 Å². The van der Waals surface area contributed by atoms with Crippen LogP contribution in [0, 0.1) is 0 Å². The smallest absolute Gasteiger partial charge is 0.422 e. The van der Waals surface area contributed by atoms with Gasteiger partial charge in [-0.25, -0.2) is 9.52 Å². The molecule has 0 aliphatic heterocycles. The molecule has 0 saturated carbocycles. The lowest BCUT2D eigenvalue weighted by Crippen LogP contribution is -2.43. The number of hydrogen-bond acceptors (Lipinski definition) is 5. The van der Waals surface area contributed by atoms with Crippen LogP contribution < -0.4 is 14.8 Å². The third-order valence-electron chi connectivity index (χ3n) is 2.22. The Bertz CT molecular complexity index is 545. The summed E-state index contributed by atoms with van der Waals surface area (Å²) in [4.78, 5) is 11.2. The number of hydrogen-bond donors (Lipinski definition) is 2. The zero-order valence-corrected chi connectivity index (χ0v) is 11.6. The van der Waals surface area contributed by atoms with Crippen LogP contribution in [0.2, 0.25) is 0 Å². The van der Waals surface area contributed by atoms with Crippen molar-refractivity contribution in [2.75, 3.05) is 23.2 Å². The number of nitrogens with zero attached hydrogens (tertiary/aromatic N) is 1.